The number of halogens is 2. The maximum absolute atomic E-state index is 13.3. The van der Waals surface area contributed by atoms with Gasteiger partial charge in [-0.1, -0.05) is 0 Å². The van der Waals surface area contributed by atoms with Gasteiger partial charge >= 0.3 is 0 Å². The molecule has 86 valence electrons. The number of rotatable bonds is 3. The Hall–Kier alpha value is -1.29. The van der Waals surface area contributed by atoms with Crippen molar-refractivity contribution >= 4 is 5.78 Å². The van der Waals surface area contributed by atoms with Crippen molar-refractivity contribution in [3.05, 3.63) is 35.4 Å². The summed E-state index contributed by atoms with van der Waals surface area (Å²) in [5, 5.41) is 3.15. The van der Waals surface area contributed by atoms with E-state index in [4.69, 9.17) is 0 Å². The second-order valence-electron chi connectivity index (χ2n) is 4.04. The molecule has 1 heterocycles. The predicted octanol–water partition coefficient (Wildman–Crippen LogP) is 2.29. The number of hydrogen-bond donors (Lipinski definition) is 1. The van der Waals surface area contributed by atoms with Crippen LogP contribution in [0, 0.1) is 11.6 Å². The molecule has 2 rings (SSSR count). The van der Waals surface area contributed by atoms with Crippen molar-refractivity contribution in [2.75, 3.05) is 6.54 Å². The van der Waals surface area contributed by atoms with Crippen LogP contribution < -0.4 is 5.32 Å². The van der Waals surface area contributed by atoms with Crippen molar-refractivity contribution in [3.63, 3.8) is 0 Å². The predicted molar refractivity (Wildman–Crippen MR) is 56.3 cm³/mol. The second-order valence-corrected chi connectivity index (χ2v) is 4.04. The summed E-state index contributed by atoms with van der Waals surface area (Å²) in [7, 11) is 0. The lowest BCUT2D eigenvalue weighted by molar-refractivity contribution is 0.0967. The SMILES string of the molecule is O=C(CC1CCCN1)c1cc(F)ccc1F. The van der Waals surface area contributed by atoms with Gasteiger partial charge in [-0.3, -0.25) is 4.79 Å². The van der Waals surface area contributed by atoms with Crippen molar-refractivity contribution in [2.24, 2.45) is 0 Å². The minimum Gasteiger partial charge on any atom is -0.314 e. The minimum absolute atomic E-state index is 0.107. The van der Waals surface area contributed by atoms with Gasteiger partial charge in [0.1, 0.15) is 11.6 Å². The molecule has 1 aliphatic rings. The first kappa shape index (κ1) is 11.2. The van der Waals surface area contributed by atoms with Crippen LogP contribution in [-0.4, -0.2) is 18.4 Å². The van der Waals surface area contributed by atoms with Crippen LogP contribution in [0.3, 0.4) is 0 Å². The summed E-state index contributed by atoms with van der Waals surface area (Å²) in [6.07, 6.45) is 2.19. The number of nitrogens with one attached hydrogen (secondary N) is 1. The zero-order chi connectivity index (χ0) is 11.5. The molecule has 1 atom stereocenters. The van der Waals surface area contributed by atoms with Gasteiger partial charge in [0.05, 0.1) is 5.56 Å². The molecule has 1 saturated heterocycles. The molecule has 1 aromatic carbocycles. The third kappa shape index (κ3) is 2.44. The summed E-state index contributed by atoms with van der Waals surface area (Å²) < 4.78 is 26.2. The van der Waals surface area contributed by atoms with Crippen molar-refractivity contribution in [1.82, 2.24) is 5.32 Å². The van der Waals surface area contributed by atoms with Gasteiger partial charge in [0.25, 0.3) is 0 Å². The molecule has 0 saturated carbocycles. The van der Waals surface area contributed by atoms with Crippen LogP contribution in [-0.2, 0) is 0 Å². The number of benzene rings is 1. The average Bonchev–Trinajstić information content (AvgIpc) is 2.74. The zero-order valence-electron chi connectivity index (χ0n) is 8.80. The van der Waals surface area contributed by atoms with Crippen LogP contribution in [0.5, 0.6) is 0 Å². The number of ketones is 1. The summed E-state index contributed by atoms with van der Waals surface area (Å²) in [5.74, 6) is -1.56. The second kappa shape index (κ2) is 4.70. The highest BCUT2D eigenvalue weighted by atomic mass is 19.1. The molecule has 1 N–H and O–H groups in total. The Bertz CT molecular complexity index is 400. The normalized spacial score (nSPS) is 20.0. The summed E-state index contributed by atoms with van der Waals surface area (Å²) in [6.45, 7) is 0.892. The van der Waals surface area contributed by atoms with Crippen LogP contribution in [0.15, 0.2) is 18.2 Å². The number of carbonyl (C=O) groups excluding carboxylic acids is 1. The van der Waals surface area contributed by atoms with Gasteiger partial charge in [0.15, 0.2) is 5.78 Å². The van der Waals surface area contributed by atoms with E-state index < -0.39 is 11.6 Å². The van der Waals surface area contributed by atoms with E-state index in [0.29, 0.717) is 0 Å². The first-order chi connectivity index (χ1) is 7.66. The van der Waals surface area contributed by atoms with Crippen LogP contribution in [0.4, 0.5) is 8.78 Å². The highest BCUT2D eigenvalue weighted by molar-refractivity contribution is 5.96. The Morgan fingerprint density at radius 3 is 2.94 bits per heavy atom. The lowest BCUT2D eigenvalue weighted by Crippen LogP contribution is -2.25. The van der Waals surface area contributed by atoms with Crippen LogP contribution in [0.25, 0.3) is 0 Å². The van der Waals surface area contributed by atoms with Gasteiger partial charge in [-0.2, -0.15) is 0 Å². The van der Waals surface area contributed by atoms with Gasteiger partial charge in [0, 0.05) is 12.5 Å². The largest absolute Gasteiger partial charge is 0.314 e. The summed E-state index contributed by atoms with van der Waals surface area (Å²) in [4.78, 5) is 11.7. The Balaban J connectivity index is 2.10. The zero-order valence-corrected chi connectivity index (χ0v) is 8.80. The maximum Gasteiger partial charge on any atom is 0.167 e. The first-order valence-electron chi connectivity index (χ1n) is 5.38. The quantitative estimate of drug-likeness (QED) is 0.800. The van der Waals surface area contributed by atoms with E-state index in [-0.39, 0.29) is 23.8 Å². The van der Waals surface area contributed by atoms with Crippen molar-refractivity contribution in [2.45, 2.75) is 25.3 Å². The highest BCUT2D eigenvalue weighted by Crippen LogP contribution is 2.16. The first-order valence-corrected chi connectivity index (χ1v) is 5.38. The van der Waals surface area contributed by atoms with Gasteiger partial charge in [0.2, 0.25) is 0 Å². The van der Waals surface area contributed by atoms with Crippen LogP contribution >= 0.6 is 0 Å². The molecule has 0 aliphatic carbocycles. The molecule has 0 radical (unpaired) electrons. The Morgan fingerprint density at radius 2 is 2.25 bits per heavy atom. The van der Waals surface area contributed by atoms with E-state index in [0.717, 1.165) is 37.6 Å². The smallest absolute Gasteiger partial charge is 0.167 e. The van der Waals surface area contributed by atoms with Gasteiger partial charge in [-0.05, 0) is 37.6 Å². The lowest BCUT2D eigenvalue weighted by Gasteiger charge is -2.09. The fourth-order valence-electron chi connectivity index (χ4n) is 1.98. The molecule has 16 heavy (non-hydrogen) atoms. The van der Waals surface area contributed by atoms with Crippen LogP contribution in [0.1, 0.15) is 29.6 Å². The monoisotopic (exact) mass is 225 g/mol. The molecular weight excluding hydrogens is 212 g/mol. The highest BCUT2D eigenvalue weighted by Gasteiger charge is 2.20. The molecule has 4 heteroatoms. The van der Waals surface area contributed by atoms with E-state index in [9.17, 15) is 13.6 Å². The van der Waals surface area contributed by atoms with Gasteiger partial charge in [-0.25, -0.2) is 8.78 Å². The molecule has 1 aromatic rings. The van der Waals surface area contributed by atoms with Crippen molar-refractivity contribution < 1.29 is 13.6 Å². The fourth-order valence-corrected chi connectivity index (χ4v) is 1.98. The number of carbonyl (C=O) groups is 1. The van der Waals surface area contributed by atoms with E-state index in [1.807, 2.05) is 0 Å². The molecule has 2 nitrogen and oxygen atoms in total. The van der Waals surface area contributed by atoms with Crippen molar-refractivity contribution in [3.8, 4) is 0 Å². The number of hydrogen-bond acceptors (Lipinski definition) is 2. The Morgan fingerprint density at radius 1 is 1.44 bits per heavy atom. The summed E-state index contributed by atoms with van der Waals surface area (Å²) >= 11 is 0. The standard InChI is InChI=1S/C12H13F2NO/c13-8-3-4-11(14)10(6-8)12(16)7-9-2-1-5-15-9/h3-4,6,9,15H,1-2,5,7H2. The van der Waals surface area contributed by atoms with E-state index in [1.165, 1.54) is 0 Å². The third-order valence-corrected chi connectivity index (χ3v) is 2.82. The van der Waals surface area contributed by atoms with E-state index in [2.05, 4.69) is 5.32 Å². The summed E-state index contributed by atoms with van der Waals surface area (Å²) in [5.41, 5.74) is -0.145. The molecule has 1 unspecified atom stereocenters. The Labute approximate surface area is 92.7 Å². The molecule has 1 fully saturated rings. The van der Waals surface area contributed by atoms with E-state index in [1.54, 1.807) is 0 Å². The Kier molecular flexibility index (Phi) is 3.29. The average molecular weight is 225 g/mol. The molecule has 0 bridgehead atoms. The molecule has 1 aliphatic heterocycles. The molecular formula is C12H13F2NO. The topological polar surface area (TPSA) is 29.1 Å². The van der Waals surface area contributed by atoms with Gasteiger partial charge < -0.3 is 5.32 Å². The molecule has 0 amide bonds. The molecule has 0 spiro atoms. The van der Waals surface area contributed by atoms with Crippen LogP contribution in [0.2, 0.25) is 0 Å². The third-order valence-electron chi connectivity index (χ3n) is 2.82. The van der Waals surface area contributed by atoms with E-state index >= 15 is 0 Å². The van der Waals surface area contributed by atoms with Gasteiger partial charge in [-0.15, -0.1) is 0 Å². The number of Topliss-reactive ketones (excluding diaryl/α,β-unsaturated/α-hetero) is 1. The summed E-state index contributed by atoms with van der Waals surface area (Å²) in [6, 6.07) is 3.08. The fraction of sp³-hybridized carbons (Fsp3) is 0.417. The maximum atomic E-state index is 13.3. The van der Waals surface area contributed by atoms with Crippen molar-refractivity contribution in [1.29, 1.82) is 0 Å². The minimum atomic E-state index is -0.649. The lowest BCUT2D eigenvalue weighted by atomic mass is 10.0. The molecule has 0 aromatic heterocycles.